The number of hydrogen-bond acceptors (Lipinski definition) is 5. The van der Waals surface area contributed by atoms with Crippen LogP contribution in [0.15, 0.2) is 24.5 Å². The van der Waals surface area contributed by atoms with Crippen molar-refractivity contribution in [3.8, 4) is 17.2 Å². The molecule has 2 aliphatic rings. The molecule has 0 bridgehead atoms. The Labute approximate surface area is 122 Å². The Morgan fingerprint density at radius 3 is 3.05 bits per heavy atom. The molecular weight excluding hydrogens is 270 g/mol. The number of nitrogens with zero attached hydrogens (tertiary/aromatic N) is 3. The quantitative estimate of drug-likeness (QED) is 0.840. The molecule has 0 amide bonds. The molecule has 0 spiro atoms. The Kier molecular flexibility index (Phi) is 2.78. The average molecular weight is 287 g/mol. The van der Waals surface area contributed by atoms with E-state index in [1.165, 1.54) is 5.56 Å². The van der Waals surface area contributed by atoms with E-state index in [2.05, 4.69) is 23.1 Å². The first-order valence-electron chi connectivity index (χ1n) is 6.98. The van der Waals surface area contributed by atoms with Crippen molar-refractivity contribution in [3.05, 3.63) is 35.7 Å². The van der Waals surface area contributed by atoms with Crippen molar-refractivity contribution in [1.29, 1.82) is 0 Å². The minimum Gasteiger partial charge on any atom is -0.492 e. The number of rotatable bonds is 2. The van der Waals surface area contributed by atoms with Crippen LogP contribution in [0.25, 0.3) is 0 Å². The molecule has 0 aliphatic carbocycles. The van der Waals surface area contributed by atoms with E-state index in [1.54, 1.807) is 13.3 Å². The molecule has 6 nitrogen and oxygen atoms in total. The number of ether oxygens (including phenoxy) is 3. The topological polar surface area (TPSA) is 48.8 Å². The first-order valence-corrected chi connectivity index (χ1v) is 6.98. The Morgan fingerprint density at radius 1 is 1.38 bits per heavy atom. The molecule has 2 aromatic rings. The van der Waals surface area contributed by atoms with Crippen LogP contribution in [0.3, 0.4) is 0 Å². The molecule has 1 aromatic carbocycles. The van der Waals surface area contributed by atoms with Gasteiger partial charge < -0.3 is 14.2 Å². The Hall–Kier alpha value is -2.21. The number of aromatic nitrogens is 2. The third-order valence-electron chi connectivity index (χ3n) is 4.13. The van der Waals surface area contributed by atoms with Gasteiger partial charge in [-0.25, -0.2) is 0 Å². The lowest BCUT2D eigenvalue weighted by Gasteiger charge is -2.35. The lowest BCUT2D eigenvalue weighted by atomic mass is 9.95. The fraction of sp³-hybridized carbons (Fsp3) is 0.400. The summed E-state index contributed by atoms with van der Waals surface area (Å²) in [6, 6.07) is 4.01. The largest absolute Gasteiger partial charge is 0.492 e. The molecule has 0 saturated heterocycles. The van der Waals surface area contributed by atoms with E-state index in [9.17, 15) is 0 Å². The first kappa shape index (κ1) is 12.5. The molecule has 0 unspecified atom stereocenters. The molecule has 3 heterocycles. The van der Waals surface area contributed by atoms with Crippen molar-refractivity contribution >= 4 is 0 Å². The highest BCUT2D eigenvalue weighted by Gasteiger charge is 2.35. The van der Waals surface area contributed by atoms with Gasteiger partial charge >= 0.3 is 0 Å². The van der Waals surface area contributed by atoms with Crippen molar-refractivity contribution in [2.45, 2.75) is 12.6 Å². The molecule has 0 saturated carbocycles. The monoisotopic (exact) mass is 287 g/mol. The highest BCUT2D eigenvalue weighted by atomic mass is 16.7. The van der Waals surface area contributed by atoms with Crippen molar-refractivity contribution < 1.29 is 14.2 Å². The Bertz CT molecular complexity index is 669. The minimum atomic E-state index is 0.00759. The predicted octanol–water partition coefficient (Wildman–Crippen LogP) is 1.66. The van der Waals surface area contributed by atoms with Crippen LogP contribution >= 0.6 is 0 Å². The van der Waals surface area contributed by atoms with E-state index in [1.807, 2.05) is 16.9 Å². The molecule has 2 aliphatic heterocycles. The average Bonchev–Trinajstić information content (AvgIpc) is 3.15. The summed E-state index contributed by atoms with van der Waals surface area (Å²) in [6.07, 6.45) is 4.73. The second-order valence-corrected chi connectivity index (χ2v) is 5.31. The van der Waals surface area contributed by atoms with Gasteiger partial charge in [0.15, 0.2) is 11.5 Å². The van der Waals surface area contributed by atoms with Gasteiger partial charge in [0.25, 0.3) is 0 Å². The minimum absolute atomic E-state index is 0.00759. The maximum atomic E-state index is 5.66. The van der Waals surface area contributed by atoms with E-state index >= 15 is 0 Å². The van der Waals surface area contributed by atoms with Gasteiger partial charge in [0.1, 0.15) is 6.17 Å². The SMILES string of the molecule is COc1c2c(cc3c1[C@@H](n1cccn1)N(C)CC3)OCO2. The molecule has 1 aromatic heterocycles. The zero-order valence-electron chi connectivity index (χ0n) is 12.1. The molecule has 0 fully saturated rings. The van der Waals surface area contributed by atoms with Crippen LogP contribution in [0.1, 0.15) is 17.3 Å². The number of methoxy groups -OCH3 is 1. The molecule has 1 atom stereocenters. The molecule has 21 heavy (non-hydrogen) atoms. The fourth-order valence-electron chi connectivity index (χ4n) is 3.17. The summed E-state index contributed by atoms with van der Waals surface area (Å²) in [7, 11) is 3.77. The normalized spacial score (nSPS) is 20.4. The Morgan fingerprint density at radius 2 is 2.29 bits per heavy atom. The van der Waals surface area contributed by atoms with Gasteiger partial charge in [0, 0.05) is 24.5 Å². The van der Waals surface area contributed by atoms with E-state index < -0.39 is 0 Å². The molecule has 0 radical (unpaired) electrons. The van der Waals surface area contributed by atoms with Crippen molar-refractivity contribution in [2.75, 3.05) is 27.5 Å². The molecule has 110 valence electrons. The van der Waals surface area contributed by atoms with Crippen molar-refractivity contribution in [3.63, 3.8) is 0 Å². The maximum absolute atomic E-state index is 5.66. The van der Waals surface area contributed by atoms with Crippen LogP contribution in [-0.2, 0) is 6.42 Å². The molecular formula is C15H17N3O3. The van der Waals surface area contributed by atoms with Crippen LogP contribution in [-0.4, -0.2) is 42.2 Å². The van der Waals surface area contributed by atoms with Crippen LogP contribution < -0.4 is 14.2 Å². The maximum Gasteiger partial charge on any atom is 0.231 e. The Balaban J connectivity index is 1.95. The van der Waals surface area contributed by atoms with Gasteiger partial charge in [0.2, 0.25) is 12.5 Å². The summed E-state index contributed by atoms with van der Waals surface area (Å²) in [4.78, 5) is 2.26. The summed E-state index contributed by atoms with van der Waals surface area (Å²) >= 11 is 0. The first-order chi connectivity index (χ1) is 10.3. The predicted molar refractivity (Wildman–Crippen MR) is 75.8 cm³/mol. The molecule has 4 rings (SSSR count). The lowest BCUT2D eigenvalue weighted by Crippen LogP contribution is -2.37. The van der Waals surface area contributed by atoms with Crippen LogP contribution in [0.2, 0.25) is 0 Å². The summed E-state index contributed by atoms with van der Waals surface area (Å²) in [6.45, 7) is 1.21. The third-order valence-corrected chi connectivity index (χ3v) is 4.13. The lowest BCUT2D eigenvalue weighted by molar-refractivity contribution is 0.168. The van der Waals surface area contributed by atoms with Crippen LogP contribution in [0.5, 0.6) is 17.2 Å². The van der Waals surface area contributed by atoms with Gasteiger partial charge in [-0.05, 0) is 31.2 Å². The standard InChI is InChI=1S/C15H17N3O3/c1-17-7-4-10-8-11-13(21-9-20-11)14(19-2)12(10)15(17)18-6-3-5-16-18/h3,5-6,8,15H,4,7,9H2,1-2H3/t15-/m1/s1. The van der Waals surface area contributed by atoms with Gasteiger partial charge in [-0.2, -0.15) is 5.10 Å². The van der Waals surface area contributed by atoms with Crippen LogP contribution in [0, 0.1) is 0 Å². The summed E-state index contributed by atoms with van der Waals surface area (Å²) in [5.74, 6) is 2.23. The second kappa shape index (κ2) is 4.66. The highest BCUT2D eigenvalue weighted by molar-refractivity contribution is 5.61. The number of benzene rings is 1. The van der Waals surface area contributed by atoms with E-state index in [0.29, 0.717) is 5.75 Å². The molecule has 0 N–H and O–H groups in total. The highest BCUT2D eigenvalue weighted by Crippen LogP contribution is 2.49. The smallest absolute Gasteiger partial charge is 0.231 e. The molecule has 6 heteroatoms. The zero-order chi connectivity index (χ0) is 14.4. The van der Waals surface area contributed by atoms with Crippen LogP contribution in [0.4, 0.5) is 0 Å². The van der Waals surface area contributed by atoms with Gasteiger partial charge in [-0.3, -0.25) is 9.58 Å². The number of hydrogen-bond donors (Lipinski definition) is 0. The zero-order valence-corrected chi connectivity index (χ0v) is 12.1. The van der Waals surface area contributed by atoms with E-state index in [4.69, 9.17) is 14.2 Å². The summed E-state index contributed by atoms with van der Waals surface area (Å²) in [5, 5.41) is 4.41. The summed E-state index contributed by atoms with van der Waals surface area (Å²) in [5.41, 5.74) is 2.34. The number of fused-ring (bicyclic) bond motifs is 2. The second-order valence-electron chi connectivity index (χ2n) is 5.31. The van der Waals surface area contributed by atoms with Gasteiger partial charge in [-0.1, -0.05) is 0 Å². The van der Waals surface area contributed by atoms with Crippen molar-refractivity contribution in [2.24, 2.45) is 0 Å². The number of likely N-dealkylation sites (N-methyl/N-ethyl adjacent to an activating group) is 1. The van der Waals surface area contributed by atoms with Gasteiger partial charge in [-0.15, -0.1) is 0 Å². The van der Waals surface area contributed by atoms with E-state index in [-0.39, 0.29) is 13.0 Å². The van der Waals surface area contributed by atoms with Crippen molar-refractivity contribution in [1.82, 2.24) is 14.7 Å². The third kappa shape index (κ3) is 1.79. The summed E-state index contributed by atoms with van der Waals surface area (Å²) < 4.78 is 18.7. The van der Waals surface area contributed by atoms with Gasteiger partial charge in [0.05, 0.1) is 7.11 Å². The fourth-order valence-corrected chi connectivity index (χ4v) is 3.17. The van der Waals surface area contributed by atoms with E-state index in [0.717, 1.165) is 30.0 Å².